The average Bonchev–Trinajstić information content (AvgIpc) is 2.51. The number of nitrogens with one attached hydrogen (secondary N) is 1. The molecule has 0 saturated carbocycles. The number of nitrogens with zero attached hydrogens (tertiary/aromatic N) is 3. The van der Waals surface area contributed by atoms with E-state index in [1.807, 2.05) is 36.0 Å². The molecule has 0 amide bonds. The quantitative estimate of drug-likeness (QED) is 0.940. The summed E-state index contributed by atoms with van der Waals surface area (Å²) in [6.07, 6.45) is 0. The maximum atomic E-state index is 6.07. The van der Waals surface area contributed by atoms with Crippen molar-refractivity contribution in [3.8, 4) is 0 Å². The van der Waals surface area contributed by atoms with E-state index in [1.165, 1.54) is 24.6 Å². The fraction of sp³-hybridized carbons (Fsp3) is 0.429. The van der Waals surface area contributed by atoms with E-state index < -0.39 is 0 Å². The molecular weight excluding hydrogens is 292 g/mol. The van der Waals surface area contributed by atoms with E-state index >= 15 is 0 Å². The predicted octanol–water partition coefficient (Wildman–Crippen LogP) is 2.74. The second-order valence-corrected chi connectivity index (χ2v) is 6.35. The van der Waals surface area contributed by atoms with Crippen molar-refractivity contribution in [3.05, 3.63) is 29.4 Å². The highest BCUT2D eigenvalue weighted by atomic mass is 35.5. The minimum Gasteiger partial charge on any atom is -0.367 e. The van der Waals surface area contributed by atoms with Crippen LogP contribution in [0.2, 0.25) is 5.15 Å². The number of halogens is 1. The Balaban J connectivity index is 1.67. The summed E-state index contributed by atoms with van der Waals surface area (Å²) >= 11 is 8.11. The molecule has 1 saturated heterocycles. The molecule has 1 aromatic carbocycles. The van der Waals surface area contributed by atoms with Crippen LogP contribution in [0.1, 0.15) is 0 Å². The van der Waals surface area contributed by atoms with E-state index in [9.17, 15) is 0 Å². The third-order valence-corrected chi connectivity index (χ3v) is 4.69. The topological polar surface area (TPSA) is 41.1 Å². The number of hydrogen-bond donors (Lipinski definition) is 1. The lowest BCUT2D eigenvalue weighted by atomic mass is 10.2. The van der Waals surface area contributed by atoms with Gasteiger partial charge in [0, 0.05) is 48.5 Å². The van der Waals surface area contributed by atoms with Crippen molar-refractivity contribution in [3.63, 3.8) is 0 Å². The van der Waals surface area contributed by atoms with Crippen LogP contribution < -0.4 is 5.32 Å². The molecule has 1 N–H and O–H groups in total. The Bertz CT molecular complexity index is 586. The fourth-order valence-corrected chi connectivity index (χ4v) is 3.54. The van der Waals surface area contributed by atoms with Crippen molar-refractivity contribution in [1.29, 1.82) is 0 Å². The SMILES string of the molecule is Clc1nnc(NCCN2CCSCC2)c2ccccc12. The highest BCUT2D eigenvalue weighted by Gasteiger charge is 2.10. The van der Waals surface area contributed by atoms with Gasteiger partial charge in [-0.1, -0.05) is 35.9 Å². The number of anilines is 1. The lowest BCUT2D eigenvalue weighted by Crippen LogP contribution is -2.36. The Morgan fingerprint density at radius 2 is 1.90 bits per heavy atom. The van der Waals surface area contributed by atoms with Gasteiger partial charge in [0.2, 0.25) is 0 Å². The molecule has 1 aliphatic heterocycles. The first-order chi connectivity index (χ1) is 9.84. The van der Waals surface area contributed by atoms with Crippen LogP contribution in [0, 0.1) is 0 Å². The number of benzene rings is 1. The maximum absolute atomic E-state index is 6.07. The minimum absolute atomic E-state index is 0.458. The van der Waals surface area contributed by atoms with Crippen LogP contribution in [-0.2, 0) is 0 Å². The molecule has 0 radical (unpaired) electrons. The number of thioether (sulfide) groups is 1. The molecule has 0 aliphatic carbocycles. The van der Waals surface area contributed by atoms with E-state index in [0.29, 0.717) is 5.15 Å². The van der Waals surface area contributed by atoms with Gasteiger partial charge in [0.1, 0.15) is 0 Å². The van der Waals surface area contributed by atoms with Crippen molar-refractivity contribution < 1.29 is 0 Å². The zero-order chi connectivity index (χ0) is 13.8. The first kappa shape index (κ1) is 13.9. The lowest BCUT2D eigenvalue weighted by molar-refractivity contribution is 0.314. The largest absolute Gasteiger partial charge is 0.367 e. The van der Waals surface area contributed by atoms with Crippen molar-refractivity contribution in [2.75, 3.05) is 43.0 Å². The number of rotatable bonds is 4. The summed E-state index contributed by atoms with van der Waals surface area (Å²) in [5.74, 6) is 3.30. The van der Waals surface area contributed by atoms with Crippen LogP contribution in [0.25, 0.3) is 10.8 Å². The molecule has 1 fully saturated rings. The molecular formula is C14H17ClN4S. The predicted molar refractivity (Wildman–Crippen MR) is 86.8 cm³/mol. The highest BCUT2D eigenvalue weighted by molar-refractivity contribution is 7.99. The van der Waals surface area contributed by atoms with Crippen LogP contribution in [0.5, 0.6) is 0 Å². The van der Waals surface area contributed by atoms with Crippen LogP contribution >= 0.6 is 23.4 Å². The standard InChI is InChI=1S/C14H17ClN4S/c15-13-11-3-1-2-4-12(11)14(18-17-13)16-5-6-19-7-9-20-10-8-19/h1-4H,5-10H2,(H,16,18). The normalized spacial score (nSPS) is 16.4. The third kappa shape index (κ3) is 3.16. The number of aromatic nitrogens is 2. The summed E-state index contributed by atoms with van der Waals surface area (Å²) in [6, 6.07) is 7.95. The van der Waals surface area contributed by atoms with Gasteiger partial charge in [-0.15, -0.1) is 10.2 Å². The Kier molecular flexibility index (Phi) is 4.60. The summed E-state index contributed by atoms with van der Waals surface area (Å²) in [5, 5.41) is 14.0. The monoisotopic (exact) mass is 308 g/mol. The lowest BCUT2D eigenvalue weighted by Gasteiger charge is -2.26. The first-order valence-electron chi connectivity index (χ1n) is 6.79. The van der Waals surface area contributed by atoms with Gasteiger partial charge in [0.25, 0.3) is 0 Å². The van der Waals surface area contributed by atoms with Crippen molar-refractivity contribution in [2.45, 2.75) is 0 Å². The molecule has 6 heteroatoms. The molecule has 106 valence electrons. The second kappa shape index (κ2) is 6.61. The van der Waals surface area contributed by atoms with Gasteiger partial charge in [-0.25, -0.2) is 0 Å². The molecule has 1 aliphatic rings. The first-order valence-corrected chi connectivity index (χ1v) is 8.33. The molecule has 2 aromatic rings. The van der Waals surface area contributed by atoms with Crippen LogP contribution in [0.4, 0.5) is 5.82 Å². The highest BCUT2D eigenvalue weighted by Crippen LogP contribution is 2.25. The van der Waals surface area contributed by atoms with Gasteiger partial charge in [0.05, 0.1) is 0 Å². The Morgan fingerprint density at radius 1 is 1.15 bits per heavy atom. The molecule has 0 spiro atoms. The summed E-state index contributed by atoms with van der Waals surface area (Å²) < 4.78 is 0. The van der Waals surface area contributed by atoms with Gasteiger partial charge < -0.3 is 5.32 Å². The minimum atomic E-state index is 0.458. The second-order valence-electron chi connectivity index (χ2n) is 4.77. The van der Waals surface area contributed by atoms with Crippen LogP contribution in [0.15, 0.2) is 24.3 Å². The van der Waals surface area contributed by atoms with Gasteiger partial charge >= 0.3 is 0 Å². The Morgan fingerprint density at radius 3 is 2.70 bits per heavy atom. The summed E-state index contributed by atoms with van der Waals surface area (Å²) in [6.45, 7) is 4.28. The average molecular weight is 309 g/mol. The van der Waals surface area contributed by atoms with Gasteiger partial charge in [-0.3, -0.25) is 4.90 Å². The van der Waals surface area contributed by atoms with E-state index in [-0.39, 0.29) is 0 Å². The van der Waals surface area contributed by atoms with E-state index in [1.54, 1.807) is 0 Å². The van der Waals surface area contributed by atoms with Crippen molar-refractivity contribution in [1.82, 2.24) is 15.1 Å². The van der Waals surface area contributed by atoms with Crippen LogP contribution in [0.3, 0.4) is 0 Å². The Hall–Kier alpha value is -1.04. The zero-order valence-corrected chi connectivity index (χ0v) is 12.8. The third-order valence-electron chi connectivity index (χ3n) is 3.47. The summed E-state index contributed by atoms with van der Waals surface area (Å²) in [5.41, 5.74) is 0. The van der Waals surface area contributed by atoms with Crippen molar-refractivity contribution in [2.24, 2.45) is 0 Å². The van der Waals surface area contributed by atoms with Crippen molar-refractivity contribution >= 4 is 40.0 Å². The van der Waals surface area contributed by atoms with E-state index in [2.05, 4.69) is 20.4 Å². The molecule has 3 rings (SSSR count). The van der Waals surface area contributed by atoms with Gasteiger partial charge in [0.15, 0.2) is 11.0 Å². The molecule has 0 unspecified atom stereocenters. The van der Waals surface area contributed by atoms with Crippen LogP contribution in [-0.4, -0.2) is 52.8 Å². The zero-order valence-electron chi connectivity index (χ0n) is 11.2. The number of fused-ring (bicyclic) bond motifs is 1. The van der Waals surface area contributed by atoms with Gasteiger partial charge in [-0.05, 0) is 0 Å². The molecule has 20 heavy (non-hydrogen) atoms. The summed E-state index contributed by atoms with van der Waals surface area (Å²) in [7, 11) is 0. The molecule has 4 nitrogen and oxygen atoms in total. The smallest absolute Gasteiger partial charge is 0.159 e. The molecule has 0 bridgehead atoms. The summed E-state index contributed by atoms with van der Waals surface area (Å²) in [4.78, 5) is 2.48. The Labute approximate surface area is 127 Å². The molecule has 2 heterocycles. The maximum Gasteiger partial charge on any atom is 0.159 e. The molecule has 0 atom stereocenters. The van der Waals surface area contributed by atoms with E-state index in [4.69, 9.17) is 11.6 Å². The van der Waals surface area contributed by atoms with Gasteiger partial charge in [-0.2, -0.15) is 11.8 Å². The number of hydrogen-bond acceptors (Lipinski definition) is 5. The van der Waals surface area contributed by atoms with E-state index in [0.717, 1.165) is 29.7 Å². The fourth-order valence-electron chi connectivity index (χ4n) is 2.36. The molecule has 1 aromatic heterocycles.